The van der Waals surface area contributed by atoms with Gasteiger partial charge in [-0.05, 0) is 20.0 Å². The molecular formula is C20H28FN3O4. The minimum absolute atomic E-state index is 0.0663. The number of nitrogens with zero attached hydrogens (tertiary/aromatic N) is 3. The van der Waals surface area contributed by atoms with E-state index in [1.54, 1.807) is 0 Å². The molecule has 7 nitrogen and oxygen atoms in total. The SMILES string of the molecule is C[C@H]1COC2C(N3CCN(C)CC3)=C(F)C=C3C(=O)C(C4OCCO4)CN1C32. The van der Waals surface area contributed by atoms with Crippen molar-refractivity contribution in [1.82, 2.24) is 14.7 Å². The monoisotopic (exact) mass is 393 g/mol. The number of carbonyl (C=O) groups is 1. The van der Waals surface area contributed by atoms with Crippen molar-refractivity contribution in [2.75, 3.05) is 59.6 Å². The van der Waals surface area contributed by atoms with E-state index >= 15 is 4.39 Å². The van der Waals surface area contributed by atoms with Gasteiger partial charge in [0.1, 0.15) is 11.9 Å². The molecular weight excluding hydrogens is 365 g/mol. The lowest BCUT2D eigenvalue weighted by atomic mass is 9.78. The molecule has 0 bridgehead atoms. The number of likely N-dealkylation sites (N-methyl/N-ethyl adjacent to an activating group) is 1. The van der Waals surface area contributed by atoms with Crippen LogP contribution in [0.5, 0.6) is 0 Å². The van der Waals surface area contributed by atoms with E-state index in [0.29, 0.717) is 37.6 Å². The number of carbonyl (C=O) groups excluding carboxylic acids is 1. The van der Waals surface area contributed by atoms with Crippen molar-refractivity contribution < 1.29 is 23.4 Å². The lowest BCUT2D eigenvalue weighted by molar-refractivity contribution is -0.157. The maximum absolute atomic E-state index is 15.3. The predicted molar refractivity (Wildman–Crippen MR) is 99.2 cm³/mol. The second-order valence-corrected chi connectivity index (χ2v) is 8.45. The molecule has 4 aliphatic heterocycles. The van der Waals surface area contributed by atoms with Crippen LogP contribution < -0.4 is 0 Å². The smallest absolute Gasteiger partial charge is 0.170 e. The van der Waals surface area contributed by atoms with Gasteiger partial charge in [0.15, 0.2) is 12.1 Å². The number of Topliss-reactive ketones (excluding diaryl/α,β-unsaturated/α-hetero) is 1. The number of halogens is 1. The van der Waals surface area contributed by atoms with E-state index < -0.39 is 18.3 Å². The van der Waals surface area contributed by atoms with E-state index in [1.165, 1.54) is 6.08 Å². The van der Waals surface area contributed by atoms with Crippen LogP contribution >= 0.6 is 0 Å². The molecule has 8 heteroatoms. The molecule has 4 heterocycles. The first-order valence-electron chi connectivity index (χ1n) is 10.2. The van der Waals surface area contributed by atoms with Crippen molar-refractivity contribution in [3.05, 3.63) is 23.2 Å². The molecule has 28 heavy (non-hydrogen) atoms. The number of ketones is 1. The summed E-state index contributed by atoms with van der Waals surface area (Å²) in [5.41, 5.74) is 1.11. The van der Waals surface area contributed by atoms with Crippen molar-refractivity contribution in [1.29, 1.82) is 0 Å². The Labute approximate surface area is 164 Å². The molecule has 0 aromatic heterocycles. The number of rotatable bonds is 2. The Morgan fingerprint density at radius 1 is 1.11 bits per heavy atom. The van der Waals surface area contributed by atoms with Crippen LogP contribution in [0.4, 0.5) is 4.39 Å². The fraction of sp³-hybridized carbons (Fsp3) is 0.750. The first-order valence-corrected chi connectivity index (χ1v) is 10.2. The first-order chi connectivity index (χ1) is 13.5. The molecule has 4 fully saturated rings. The third-order valence-corrected chi connectivity index (χ3v) is 6.69. The first kappa shape index (κ1) is 18.7. The van der Waals surface area contributed by atoms with E-state index in [0.717, 1.165) is 26.2 Å². The van der Waals surface area contributed by atoms with Crippen LogP contribution in [0.15, 0.2) is 23.2 Å². The molecule has 4 atom stereocenters. The van der Waals surface area contributed by atoms with E-state index in [9.17, 15) is 4.79 Å². The molecule has 5 aliphatic rings. The van der Waals surface area contributed by atoms with Crippen molar-refractivity contribution in [2.24, 2.45) is 5.92 Å². The van der Waals surface area contributed by atoms with Gasteiger partial charge in [-0.25, -0.2) is 4.39 Å². The Balaban J connectivity index is 1.51. The van der Waals surface area contributed by atoms with Gasteiger partial charge >= 0.3 is 0 Å². The molecule has 3 unspecified atom stereocenters. The molecule has 4 saturated heterocycles. The molecule has 5 rings (SSSR count). The average molecular weight is 393 g/mol. The summed E-state index contributed by atoms with van der Waals surface area (Å²) in [6, 6.07) is -0.0837. The zero-order valence-electron chi connectivity index (χ0n) is 16.5. The van der Waals surface area contributed by atoms with Gasteiger partial charge in [-0.2, -0.15) is 0 Å². The fourth-order valence-electron chi connectivity index (χ4n) is 5.11. The van der Waals surface area contributed by atoms with Crippen LogP contribution in [0.25, 0.3) is 0 Å². The highest BCUT2D eigenvalue weighted by Crippen LogP contribution is 2.42. The molecule has 0 radical (unpaired) electrons. The molecule has 0 aromatic carbocycles. The summed E-state index contributed by atoms with van der Waals surface area (Å²) in [5, 5.41) is 0. The van der Waals surface area contributed by atoms with Gasteiger partial charge < -0.3 is 24.0 Å². The highest BCUT2D eigenvalue weighted by atomic mass is 19.1. The number of morpholine rings is 1. The molecule has 0 spiro atoms. The molecule has 154 valence electrons. The maximum Gasteiger partial charge on any atom is 0.170 e. The third-order valence-electron chi connectivity index (χ3n) is 6.69. The Hall–Kier alpha value is -1.32. The van der Waals surface area contributed by atoms with Crippen molar-refractivity contribution >= 4 is 5.78 Å². The van der Waals surface area contributed by atoms with E-state index in [4.69, 9.17) is 14.2 Å². The maximum atomic E-state index is 15.3. The number of piperidine rings is 1. The highest BCUT2D eigenvalue weighted by molar-refractivity contribution is 6.00. The topological polar surface area (TPSA) is 54.5 Å². The van der Waals surface area contributed by atoms with Gasteiger partial charge in [-0.3, -0.25) is 9.69 Å². The summed E-state index contributed by atoms with van der Waals surface area (Å²) in [7, 11) is 2.08. The van der Waals surface area contributed by atoms with Crippen LogP contribution in [-0.2, 0) is 19.0 Å². The lowest BCUT2D eigenvalue weighted by Gasteiger charge is -2.53. The number of ether oxygens (including phenoxy) is 3. The van der Waals surface area contributed by atoms with Gasteiger partial charge in [-0.15, -0.1) is 0 Å². The number of hydrogen-bond donors (Lipinski definition) is 0. The minimum Gasteiger partial charge on any atom is -0.368 e. The quantitative estimate of drug-likeness (QED) is 0.673. The lowest BCUT2D eigenvalue weighted by Crippen LogP contribution is -2.66. The number of hydrogen-bond acceptors (Lipinski definition) is 7. The second-order valence-electron chi connectivity index (χ2n) is 8.45. The summed E-state index contributed by atoms with van der Waals surface area (Å²) in [5.74, 6) is -0.815. The van der Waals surface area contributed by atoms with Gasteiger partial charge in [0.25, 0.3) is 0 Å². The van der Waals surface area contributed by atoms with E-state index in [1.807, 2.05) is 0 Å². The zero-order chi connectivity index (χ0) is 19.4. The largest absolute Gasteiger partial charge is 0.368 e. The summed E-state index contributed by atoms with van der Waals surface area (Å²) < 4.78 is 32.7. The average Bonchev–Trinajstić information content (AvgIpc) is 3.21. The third kappa shape index (κ3) is 2.93. The van der Waals surface area contributed by atoms with Gasteiger partial charge in [0.05, 0.1) is 37.5 Å². The number of allylic oxidation sites excluding steroid dienone is 2. The zero-order valence-corrected chi connectivity index (χ0v) is 16.5. The normalized spacial score (nSPS) is 38.0. The van der Waals surface area contributed by atoms with Crippen molar-refractivity contribution in [3.8, 4) is 0 Å². The van der Waals surface area contributed by atoms with Gasteiger partial charge in [0.2, 0.25) is 0 Å². The van der Waals surface area contributed by atoms with E-state index in [2.05, 4.69) is 28.7 Å². The van der Waals surface area contributed by atoms with Crippen LogP contribution in [0.3, 0.4) is 0 Å². The highest BCUT2D eigenvalue weighted by Gasteiger charge is 2.53. The summed E-state index contributed by atoms with van der Waals surface area (Å²) in [4.78, 5) is 19.9. The Kier molecular flexibility index (Phi) is 4.79. The molecule has 0 aromatic rings. The fourth-order valence-corrected chi connectivity index (χ4v) is 5.11. The van der Waals surface area contributed by atoms with Crippen LogP contribution in [0, 0.1) is 5.92 Å². The minimum atomic E-state index is -0.533. The van der Waals surface area contributed by atoms with Crippen molar-refractivity contribution in [2.45, 2.75) is 31.4 Å². The second kappa shape index (κ2) is 7.18. The van der Waals surface area contributed by atoms with Gasteiger partial charge in [0, 0.05) is 44.3 Å². The van der Waals surface area contributed by atoms with Crippen LogP contribution in [0.1, 0.15) is 6.92 Å². The molecule has 0 saturated carbocycles. The molecule has 0 N–H and O–H groups in total. The van der Waals surface area contributed by atoms with Crippen LogP contribution in [0.2, 0.25) is 0 Å². The summed E-state index contributed by atoms with van der Waals surface area (Å²) >= 11 is 0. The Morgan fingerprint density at radius 3 is 2.54 bits per heavy atom. The predicted octanol–water partition coefficient (Wildman–Crippen LogP) is 0.385. The Morgan fingerprint density at radius 2 is 1.82 bits per heavy atom. The molecule has 0 amide bonds. The summed E-state index contributed by atoms with van der Waals surface area (Å²) in [6.45, 7) is 7.50. The standard InChI is InChI=1S/C20H28FN3O4/c1-12-11-28-19-16-13(9-15(21)17(19)23-5-3-22(2)4-6-23)18(25)14(10-24(12)16)20-26-7-8-27-20/h9,12,14,16,19-20H,3-8,10-11H2,1-2H3/t12-,14?,16?,19?/m0/s1. The molecule has 1 aliphatic carbocycles. The number of piperazine rings is 1. The van der Waals surface area contributed by atoms with Gasteiger partial charge in [-0.1, -0.05) is 0 Å². The summed E-state index contributed by atoms with van der Waals surface area (Å²) in [6.07, 6.45) is 0.482. The van der Waals surface area contributed by atoms with E-state index in [-0.39, 0.29) is 23.7 Å². The van der Waals surface area contributed by atoms with Crippen LogP contribution in [-0.4, -0.2) is 105 Å². The van der Waals surface area contributed by atoms with Crippen molar-refractivity contribution in [3.63, 3.8) is 0 Å². The Bertz CT molecular complexity index is 712.